The normalized spacial score (nSPS) is 11.2. The molecule has 0 unspecified atom stereocenters. The third-order valence-electron chi connectivity index (χ3n) is 4.17. The largest absolute Gasteiger partial charge is 0.481 e. The summed E-state index contributed by atoms with van der Waals surface area (Å²) in [5.41, 5.74) is 2.76. The molecular weight excluding hydrogens is 366 g/mol. The second-order valence-corrected chi connectivity index (χ2v) is 6.55. The molecule has 0 heterocycles. The number of hydrogen-bond acceptors (Lipinski definition) is 3. The summed E-state index contributed by atoms with van der Waals surface area (Å²) in [6, 6.07) is 23.2. The van der Waals surface area contributed by atoms with Crippen LogP contribution in [0.3, 0.4) is 0 Å². The molecule has 0 saturated carbocycles. The molecule has 1 atom stereocenters. The Morgan fingerprint density at radius 3 is 2.00 bits per heavy atom. The molecule has 6 nitrogen and oxygen atoms in total. The van der Waals surface area contributed by atoms with Gasteiger partial charge >= 0.3 is 6.03 Å². The fourth-order valence-corrected chi connectivity index (χ4v) is 2.62. The Labute approximate surface area is 169 Å². The minimum absolute atomic E-state index is 0.316. The quantitative estimate of drug-likeness (QED) is 0.552. The Hall–Kier alpha value is -3.80. The number of hydrogen-bond donors (Lipinski definition) is 3. The minimum atomic E-state index is -0.705. The highest BCUT2D eigenvalue weighted by atomic mass is 16.5. The smallest absolute Gasteiger partial charge is 0.323 e. The van der Waals surface area contributed by atoms with E-state index in [1.54, 1.807) is 43.3 Å². The lowest BCUT2D eigenvalue weighted by Gasteiger charge is -2.17. The first kappa shape index (κ1) is 19.9. The molecule has 29 heavy (non-hydrogen) atoms. The average molecular weight is 389 g/mol. The van der Waals surface area contributed by atoms with E-state index in [1.165, 1.54) is 0 Å². The van der Waals surface area contributed by atoms with Crippen LogP contribution in [-0.4, -0.2) is 18.0 Å². The monoisotopic (exact) mass is 389 g/mol. The fourth-order valence-electron chi connectivity index (χ4n) is 2.62. The molecule has 0 radical (unpaired) electrons. The van der Waals surface area contributed by atoms with E-state index < -0.39 is 12.1 Å². The van der Waals surface area contributed by atoms with Crippen LogP contribution in [0.4, 0.5) is 21.9 Å². The Balaban J connectivity index is 1.62. The summed E-state index contributed by atoms with van der Waals surface area (Å²) >= 11 is 0. The first-order chi connectivity index (χ1) is 14.0. The molecule has 0 bridgehead atoms. The van der Waals surface area contributed by atoms with E-state index >= 15 is 0 Å². The van der Waals surface area contributed by atoms with Gasteiger partial charge in [-0.15, -0.1) is 0 Å². The zero-order chi connectivity index (χ0) is 20.6. The third kappa shape index (κ3) is 5.84. The standard InChI is InChI=1S/C23H23N3O3/c1-16-12-14-19(15-13-16)29-17(2)22(27)25-20-10-6-7-11-21(20)26-23(28)24-18-8-4-3-5-9-18/h3-15,17H,1-2H3,(H,25,27)(H2,24,26,28)/t17-/m0/s1. The molecular formula is C23H23N3O3. The van der Waals surface area contributed by atoms with Gasteiger partial charge in [-0.25, -0.2) is 4.79 Å². The van der Waals surface area contributed by atoms with Crippen LogP contribution in [0.1, 0.15) is 12.5 Å². The van der Waals surface area contributed by atoms with E-state index in [2.05, 4.69) is 16.0 Å². The van der Waals surface area contributed by atoms with Crippen LogP contribution in [0.15, 0.2) is 78.9 Å². The van der Waals surface area contributed by atoms with Crippen LogP contribution in [-0.2, 0) is 4.79 Å². The number of carbonyl (C=O) groups is 2. The van der Waals surface area contributed by atoms with Crippen molar-refractivity contribution in [2.45, 2.75) is 20.0 Å². The Kier molecular flexibility index (Phi) is 6.47. The highest BCUT2D eigenvalue weighted by Crippen LogP contribution is 2.22. The second-order valence-electron chi connectivity index (χ2n) is 6.55. The van der Waals surface area contributed by atoms with Crippen LogP contribution in [0.5, 0.6) is 5.75 Å². The van der Waals surface area contributed by atoms with Gasteiger partial charge in [0.25, 0.3) is 5.91 Å². The lowest BCUT2D eigenvalue weighted by atomic mass is 10.2. The zero-order valence-corrected chi connectivity index (χ0v) is 16.3. The number of nitrogens with one attached hydrogen (secondary N) is 3. The van der Waals surface area contributed by atoms with Crippen LogP contribution in [0, 0.1) is 6.92 Å². The Morgan fingerprint density at radius 2 is 1.34 bits per heavy atom. The van der Waals surface area contributed by atoms with E-state index in [4.69, 9.17) is 4.74 Å². The predicted octanol–water partition coefficient (Wildman–Crippen LogP) is 5.05. The molecule has 0 saturated heterocycles. The van der Waals surface area contributed by atoms with Gasteiger partial charge in [0.05, 0.1) is 11.4 Å². The molecule has 0 fully saturated rings. The van der Waals surface area contributed by atoms with E-state index in [0.29, 0.717) is 22.8 Å². The van der Waals surface area contributed by atoms with E-state index in [-0.39, 0.29) is 5.91 Å². The molecule has 3 rings (SSSR count). The lowest BCUT2D eigenvalue weighted by Crippen LogP contribution is -2.30. The van der Waals surface area contributed by atoms with Gasteiger partial charge in [-0.3, -0.25) is 4.79 Å². The lowest BCUT2D eigenvalue weighted by molar-refractivity contribution is -0.122. The molecule has 0 aliphatic carbocycles. The molecule has 6 heteroatoms. The van der Waals surface area contributed by atoms with Crippen molar-refractivity contribution in [3.63, 3.8) is 0 Å². The number of urea groups is 1. The van der Waals surface area contributed by atoms with Gasteiger partial charge in [0.1, 0.15) is 5.75 Å². The second kappa shape index (κ2) is 9.41. The maximum atomic E-state index is 12.5. The number of rotatable bonds is 6. The van der Waals surface area contributed by atoms with E-state index in [1.807, 2.05) is 49.4 Å². The predicted molar refractivity (Wildman–Crippen MR) is 115 cm³/mol. The number of amides is 3. The highest BCUT2D eigenvalue weighted by Gasteiger charge is 2.17. The van der Waals surface area contributed by atoms with Crippen molar-refractivity contribution in [3.05, 3.63) is 84.4 Å². The van der Waals surface area contributed by atoms with Gasteiger partial charge in [0, 0.05) is 5.69 Å². The molecule has 0 spiro atoms. The summed E-state index contributed by atoms with van der Waals surface area (Å²) < 4.78 is 5.69. The van der Waals surface area contributed by atoms with Gasteiger partial charge < -0.3 is 20.7 Å². The number of benzene rings is 3. The topological polar surface area (TPSA) is 79.5 Å². The molecule has 0 aliphatic heterocycles. The molecule has 0 aromatic heterocycles. The minimum Gasteiger partial charge on any atom is -0.481 e. The van der Waals surface area contributed by atoms with Crippen molar-refractivity contribution in [2.24, 2.45) is 0 Å². The van der Waals surface area contributed by atoms with Gasteiger partial charge in [0.15, 0.2) is 6.10 Å². The first-order valence-corrected chi connectivity index (χ1v) is 9.27. The van der Waals surface area contributed by atoms with Gasteiger partial charge in [-0.2, -0.15) is 0 Å². The summed E-state index contributed by atoms with van der Waals surface area (Å²) in [7, 11) is 0. The van der Waals surface area contributed by atoms with Crippen molar-refractivity contribution in [3.8, 4) is 5.75 Å². The SMILES string of the molecule is Cc1ccc(O[C@@H](C)C(=O)Nc2ccccc2NC(=O)Nc2ccccc2)cc1. The summed E-state index contributed by atoms with van der Waals surface area (Å²) in [5.74, 6) is 0.301. The van der Waals surface area contributed by atoms with Crippen LogP contribution < -0.4 is 20.7 Å². The number of para-hydroxylation sites is 3. The first-order valence-electron chi connectivity index (χ1n) is 9.27. The van der Waals surface area contributed by atoms with Crippen LogP contribution in [0.25, 0.3) is 0 Å². The molecule has 148 valence electrons. The summed E-state index contributed by atoms with van der Waals surface area (Å²) in [6.45, 7) is 3.66. The summed E-state index contributed by atoms with van der Waals surface area (Å²) in [6.07, 6.45) is -0.705. The van der Waals surface area contributed by atoms with Crippen molar-refractivity contribution < 1.29 is 14.3 Å². The van der Waals surface area contributed by atoms with Crippen molar-refractivity contribution >= 4 is 29.0 Å². The molecule has 3 N–H and O–H groups in total. The zero-order valence-electron chi connectivity index (χ0n) is 16.3. The number of anilines is 3. The molecule has 3 aromatic carbocycles. The van der Waals surface area contributed by atoms with E-state index in [0.717, 1.165) is 5.56 Å². The fraction of sp³-hybridized carbons (Fsp3) is 0.130. The van der Waals surface area contributed by atoms with Crippen LogP contribution >= 0.6 is 0 Å². The number of aryl methyl sites for hydroxylation is 1. The van der Waals surface area contributed by atoms with Gasteiger partial charge in [-0.05, 0) is 50.2 Å². The highest BCUT2D eigenvalue weighted by molar-refractivity contribution is 6.04. The molecule has 3 aromatic rings. The Morgan fingerprint density at radius 1 is 0.759 bits per heavy atom. The van der Waals surface area contributed by atoms with E-state index in [9.17, 15) is 9.59 Å². The van der Waals surface area contributed by atoms with Crippen molar-refractivity contribution in [2.75, 3.05) is 16.0 Å². The number of ether oxygens (including phenoxy) is 1. The van der Waals surface area contributed by atoms with Crippen molar-refractivity contribution in [1.29, 1.82) is 0 Å². The average Bonchev–Trinajstić information content (AvgIpc) is 2.72. The molecule has 0 aliphatic rings. The maximum absolute atomic E-state index is 12.5. The molecule has 3 amide bonds. The van der Waals surface area contributed by atoms with Crippen LogP contribution in [0.2, 0.25) is 0 Å². The third-order valence-corrected chi connectivity index (χ3v) is 4.17. The Bertz CT molecular complexity index is 972. The summed E-state index contributed by atoms with van der Waals surface area (Å²) in [4.78, 5) is 24.8. The number of carbonyl (C=O) groups excluding carboxylic acids is 2. The van der Waals surface area contributed by atoms with Gasteiger partial charge in [0.2, 0.25) is 0 Å². The maximum Gasteiger partial charge on any atom is 0.323 e. The van der Waals surface area contributed by atoms with Gasteiger partial charge in [-0.1, -0.05) is 48.0 Å². The summed E-state index contributed by atoms with van der Waals surface area (Å²) in [5, 5.41) is 8.30. The van der Waals surface area contributed by atoms with Crippen molar-refractivity contribution in [1.82, 2.24) is 0 Å².